The average molecular weight is 361 g/mol. The van der Waals surface area contributed by atoms with Crippen molar-refractivity contribution in [1.29, 1.82) is 0 Å². The summed E-state index contributed by atoms with van der Waals surface area (Å²) in [6, 6.07) is 1.13. The van der Waals surface area contributed by atoms with E-state index >= 15 is 0 Å². The van der Waals surface area contributed by atoms with E-state index in [1.54, 1.807) is 13.8 Å². The normalized spacial score (nSPS) is 12.3. The molecule has 0 aromatic carbocycles. The number of hydrogen-bond donors (Lipinski definition) is 1. The molecule has 4 nitrogen and oxygen atoms in total. The number of nitrogens with zero attached hydrogens (tertiary/aromatic N) is 1. The van der Waals surface area contributed by atoms with Gasteiger partial charge in [-0.3, -0.25) is 0 Å². The fourth-order valence-corrected chi connectivity index (χ4v) is 5.35. The molecular weight excluding hydrogens is 347 g/mol. The minimum atomic E-state index is -3.69. The van der Waals surface area contributed by atoms with Gasteiger partial charge in [0.1, 0.15) is 9.23 Å². The Bertz CT molecular complexity index is 569. The second-order valence-electron chi connectivity index (χ2n) is 4.11. The van der Waals surface area contributed by atoms with Gasteiger partial charge in [0.2, 0.25) is 10.0 Å². The van der Waals surface area contributed by atoms with Crippen LogP contribution in [-0.4, -0.2) is 30.3 Å². The standard InChI is InChI=1S/C10H14Cl2N2O2S3/c1-6(2)14(4-3-9(13)17)19(15,16)7-5-8(11)18-10(7)12/h5-6H,3-4H2,1-2H3,(H2,13,17). The first-order valence-corrected chi connectivity index (χ1v) is 8.83. The molecule has 108 valence electrons. The van der Waals surface area contributed by atoms with E-state index in [9.17, 15) is 8.42 Å². The van der Waals surface area contributed by atoms with E-state index in [2.05, 4.69) is 0 Å². The van der Waals surface area contributed by atoms with Gasteiger partial charge in [-0.2, -0.15) is 4.31 Å². The van der Waals surface area contributed by atoms with Crippen LogP contribution in [-0.2, 0) is 10.0 Å². The van der Waals surface area contributed by atoms with Crippen LogP contribution in [0.15, 0.2) is 11.0 Å². The number of sulfonamides is 1. The summed E-state index contributed by atoms with van der Waals surface area (Å²) in [6.07, 6.45) is 0.322. The summed E-state index contributed by atoms with van der Waals surface area (Å²) in [5.74, 6) is 0. The number of hydrogen-bond acceptors (Lipinski definition) is 4. The van der Waals surface area contributed by atoms with Gasteiger partial charge in [-0.15, -0.1) is 11.3 Å². The summed E-state index contributed by atoms with van der Waals surface area (Å²) in [5.41, 5.74) is 5.42. The summed E-state index contributed by atoms with van der Waals surface area (Å²) in [5, 5.41) is 0. The molecule has 0 aliphatic rings. The van der Waals surface area contributed by atoms with Crippen LogP contribution in [0.3, 0.4) is 0 Å². The number of thiophene rings is 1. The maximum Gasteiger partial charge on any atom is 0.245 e. The lowest BCUT2D eigenvalue weighted by molar-refractivity contribution is 0.362. The van der Waals surface area contributed by atoms with E-state index in [4.69, 9.17) is 41.2 Å². The van der Waals surface area contributed by atoms with Crippen molar-refractivity contribution in [2.24, 2.45) is 5.73 Å². The Hall–Kier alpha value is 0.0800. The van der Waals surface area contributed by atoms with Gasteiger partial charge < -0.3 is 5.73 Å². The zero-order chi connectivity index (χ0) is 14.8. The lowest BCUT2D eigenvalue weighted by Crippen LogP contribution is -2.38. The molecule has 2 N–H and O–H groups in total. The highest BCUT2D eigenvalue weighted by Gasteiger charge is 2.30. The highest BCUT2D eigenvalue weighted by molar-refractivity contribution is 7.89. The van der Waals surface area contributed by atoms with Crippen LogP contribution >= 0.6 is 46.8 Å². The second-order valence-corrected chi connectivity index (χ2v) is 8.78. The Morgan fingerprint density at radius 3 is 2.47 bits per heavy atom. The van der Waals surface area contributed by atoms with Gasteiger partial charge in [-0.05, 0) is 19.9 Å². The SMILES string of the molecule is CC(C)N(CCC(N)=S)S(=O)(=O)c1cc(Cl)sc1Cl. The topological polar surface area (TPSA) is 63.4 Å². The first-order valence-electron chi connectivity index (χ1n) is 5.41. The third-order valence-electron chi connectivity index (χ3n) is 2.37. The van der Waals surface area contributed by atoms with E-state index < -0.39 is 10.0 Å². The molecule has 9 heteroatoms. The fraction of sp³-hybridized carbons (Fsp3) is 0.500. The molecular formula is C10H14Cl2N2O2S3. The number of nitrogens with two attached hydrogens (primary N) is 1. The molecule has 0 fully saturated rings. The van der Waals surface area contributed by atoms with Crippen molar-refractivity contribution in [2.75, 3.05) is 6.54 Å². The molecule has 1 heterocycles. The molecule has 1 aromatic heterocycles. The average Bonchev–Trinajstić information content (AvgIpc) is 2.57. The van der Waals surface area contributed by atoms with Gasteiger partial charge in [0, 0.05) is 19.0 Å². The Labute approximate surface area is 132 Å². The number of halogens is 2. The molecule has 0 radical (unpaired) electrons. The van der Waals surface area contributed by atoms with Gasteiger partial charge in [0.05, 0.1) is 9.32 Å². The summed E-state index contributed by atoms with van der Waals surface area (Å²) in [6.45, 7) is 3.77. The first-order chi connectivity index (χ1) is 8.66. The molecule has 0 spiro atoms. The highest BCUT2D eigenvalue weighted by Crippen LogP contribution is 2.36. The van der Waals surface area contributed by atoms with Crippen molar-refractivity contribution in [3.05, 3.63) is 14.7 Å². The van der Waals surface area contributed by atoms with E-state index in [-0.39, 0.29) is 26.8 Å². The summed E-state index contributed by atoms with van der Waals surface area (Å²) in [4.78, 5) is 0.302. The smallest absolute Gasteiger partial charge is 0.245 e. The molecule has 0 saturated carbocycles. The lowest BCUT2D eigenvalue weighted by Gasteiger charge is -2.25. The lowest BCUT2D eigenvalue weighted by atomic mass is 10.3. The van der Waals surface area contributed by atoms with Crippen LogP contribution in [0.25, 0.3) is 0 Å². The third-order valence-corrected chi connectivity index (χ3v) is 6.40. The molecule has 0 bridgehead atoms. The van der Waals surface area contributed by atoms with Crippen molar-refractivity contribution < 1.29 is 8.42 Å². The van der Waals surface area contributed by atoms with E-state index in [1.165, 1.54) is 10.4 Å². The Kier molecular flexibility index (Phi) is 6.03. The fourth-order valence-electron chi connectivity index (χ4n) is 1.50. The van der Waals surface area contributed by atoms with Gasteiger partial charge >= 0.3 is 0 Å². The Morgan fingerprint density at radius 2 is 2.11 bits per heavy atom. The number of rotatable bonds is 6. The summed E-state index contributed by atoms with van der Waals surface area (Å²) >= 11 is 17.5. The van der Waals surface area contributed by atoms with Crippen LogP contribution in [0.1, 0.15) is 20.3 Å². The van der Waals surface area contributed by atoms with Gasteiger partial charge in [-0.1, -0.05) is 35.4 Å². The summed E-state index contributed by atoms with van der Waals surface area (Å²) in [7, 11) is -3.69. The van der Waals surface area contributed by atoms with Gasteiger partial charge in [-0.25, -0.2) is 8.42 Å². The largest absolute Gasteiger partial charge is 0.393 e. The minimum absolute atomic E-state index is 0.0285. The second kappa shape index (κ2) is 6.69. The van der Waals surface area contributed by atoms with E-state index in [0.717, 1.165) is 11.3 Å². The number of thiocarbonyl (C=S) groups is 1. The van der Waals surface area contributed by atoms with Crippen LogP contribution < -0.4 is 5.73 Å². The molecule has 0 aliphatic carbocycles. The zero-order valence-electron chi connectivity index (χ0n) is 10.4. The summed E-state index contributed by atoms with van der Waals surface area (Å²) < 4.78 is 26.9. The molecule has 1 rings (SSSR count). The maximum atomic E-state index is 12.5. The van der Waals surface area contributed by atoms with Gasteiger partial charge in [0.15, 0.2) is 0 Å². The minimum Gasteiger partial charge on any atom is -0.393 e. The van der Waals surface area contributed by atoms with Crippen LogP contribution in [0.2, 0.25) is 8.67 Å². The van der Waals surface area contributed by atoms with Crippen LogP contribution in [0, 0.1) is 0 Å². The van der Waals surface area contributed by atoms with E-state index in [0.29, 0.717) is 10.8 Å². The molecule has 0 aliphatic heterocycles. The van der Waals surface area contributed by atoms with E-state index in [1.807, 2.05) is 0 Å². The molecule has 1 aromatic rings. The molecule has 0 amide bonds. The van der Waals surface area contributed by atoms with Crippen molar-refractivity contribution in [3.8, 4) is 0 Å². The first kappa shape index (κ1) is 17.1. The molecule has 0 atom stereocenters. The van der Waals surface area contributed by atoms with Crippen molar-refractivity contribution in [1.82, 2.24) is 4.31 Å². The van der Waals surface area contributed by atoms with Crippen molar-refractivity contribution in [2.45, 2.75) is 31.2 Å². The highest BCUT2D eigenvalue weighted by atomic mass is 35.5. The van der Waals surface area contributed by atoms with Crippen LogP contribution in [0.5, 0.6) is 0 Å². The quantitative estimate of drug-likeness (QED) is 0.791. The maximum absolute atomic E-state index is 12.5. The van der Waals surface area contributed by atoms with Crippen LogP contribution in [0.4, 0.5) is 0 Å². The third kappa shape index (κ3) is 4.27. The molecule has 0 unspecified atom stereocenters. The Morgan fingerprint density at radius 1 is 1.53 bits per heavy atom. The monoisotopic (exact) mass is 360 g/mol. The van der Waals surface area contributed by atoms with Crippen molar-refractivity contribution >= 4 is 61.8 Å². The zero-order valence-corrected chi connectivity index (χ0v) is 14.4. The Balaban J connectivity index is 3.13. The molecule has 19 heavy (non-hydrogen) atoms. The predicted molar refractivity (Wildman–Crippen MR) is 84.8 cm³/mol. The molecule has 0 saturated heterocycles. The van der Waals surface area contributed by atoms with Gasteiger partial charge in [0.25, 0.3) is 0 Å². The predicted octanol–water partition coefficient (Wildman–Crippen LogP) is 3.13. The van der Waals surface area contributed by atoms with Crippen molar-refractivity contribution in [3.63, 3.8) is 0 Å².